The van der Waals surface area contributed by atoms with E-state index >= 15 is 0 Å². The number of fused-ring (bicyclic) bond motifs is 5. The van der Waals surface area contributed by atoms with Gasteiger partial charge in [-0.3, -0.25) is 4.79 Å². The average molecular weight is 427 g/mol. The molecule has 4 unspecified atom stereocenters. The normalized spacial score (nSPS) is 46.3. The van der Waals surface area contributed by atoms with Gasteiger partial charge in [0.2, 0.25) is 0 Å². The lowest BCUT2D eigenvalue weighted by Crippen LogP contribution is -2.65. The van der Waals surface area contributed by atoms with Crippen LogP contribution in [0.2, 0.25) is 0 Å². The number of ether oxygens (including phenoxy) is 1. The lowest BCUT2D eigenvalue weighted by atomic mass is 9.37. The van der Waals surface area contributed by atoms with Crippen molar-refractivity contribution in [2.45, 2.75) is 78.9 Å². The number of rotatable bonds is 1. The fraction of sp³-hybridized carbons (Fsp3) is 0.692. The number of furan rings is 1. The number of aliphatic hydroxyl groups excluding tert-OH is 1. The van der Waals surface area contributed by atoms with Gasteiger partial charge in [-0.25, -0.2) is 4.79 Å². The van der Waals surface area contributed by atoms with Crippen molar-refractivity contribution in [3.8, 4) is 0 Å². The summed E-state index contributed by atoms with van der Waals surface area (Å²) in [5.41, 5.74) is 0.460. The summed E-state index contributed by atoms with van der Waals surface area (Å²) in [6.07, 6.45) is 7.74. The van der Waals surface area contributed by atoms with Crippen LogP contribution in [-0.2, 0) is 14.3 Å². The van der Waals surface area contributed by atoms with Crippen molar-refractivity contribution in [1.29, 1.82) is 0 Å². The summed E-state index contributed by atoms with van der Waals surface area (Å²) in [4.78, 5) is 25.5. The minimum absolute atomic E-state index is 0.0555. The van der Waals surface area contributed by atoms with Gasteiger partial charge in [-0.1, -0.05) is 34.6 Å². The number of aliphatic hydroxyl groups is 1. The Morgan fingerprint density at radius 1 is 1.06 bits per heavy atom. The maximum Gasteiger partial charge on any atom is 0.331 e. The van der Waals surface area contributed by atoms with Crippen LogP contribution in [-0.4, -0.2) is 23.0 Å². The molecule has 5 nitrogen and oxygen atoms in total. The Kier molecular flexibility index (Phi) is 4.29. The van der Waals surface area contributed by atoms with Gasteiger partial charge in [0.15, 0.2) is 0 Å². The molecule has 168 valence electrons. The van der Waals surface area contributed by atoms with E-state index < -0.39 is 28.5 Å². The topological polar surface area (TPSA) is 76.7 Å². The molecule has 3 aliphatic carbocycles. The van der Waals surface area contributed by atoms with Crippen LogP contribution >= 0.6 is 0 Å². The number of carbonyl (C=O) groups excluding carboxylic acids is 2. The Bertz CT molecular complexity index is 958. The van der Waals surface area contributed by atoms with Gasteiger partial charge in [-0.05, 0) is 54.6 Å². The third kappa shape index (κ3) is 2.53. The summed E-state index contributed by atoms with van der Waals surface area (Å²) in [6.45, 7) is 10.8. The van der Waals surface area contributed by atoms with Crippen molar-refractivity contribution < 1.29 is 23.8 Å². The standard InChI is InChI=1S/C26H34O5/c1-23(2)17-12-20(28)26(5)16(24(17,3)10-7-19(23)27)6-9-25(4)18(26)13-21(29)31-22(25)15-8-11-30-14-15/h8,11,13-14,16-17,20,22,28H,6-7,9-10,12H2,1-5H3/t16?,17?,20?,22?,24-,25-,26-/m1/s1. The van der Waals surface area contributed by atoms with Gasteiger partial charge >= 0.3 is 5.97 Å². The van der Waals surface area contributed by atoms with Gasteiger partial charge in [0, 0.05) is 34.3 Å². The van der Waals surface area contributed by atoms with Gasteiger partial charge in [0.25, 0.3) is 0 Å². The first-order chi connectivity index (χ1) is 14.5. The van der Waals surface area contributed by atoms with Crippen LogP contribution in [0.4, 0.5) is 0 Å². The maximum absolute atomic E-state index is 12.8. The van der Waals surface area contributed by atoms with E-state index in [-0.39, 0.29) is 23.2 Å². The average Bonchev–Trinajstić information content (AvgIpc) is 3.23. The zero-order valence-corrected chi connectivity index (χ0v) is 19.2. The lowest BCUT2D eigenvalue weighted by molar-refractivity contribution is -0.199. The first-order valence-electron chi connectivity index (χ1n) is 11.6. The molecular weight excluding hydrogens is 392 g/mol. The second-order valence-electron chi connectivity index (χ2n) is 11.7. The van der Waals surface area contributed by atoms with E-state index in [0.717, 1.165) is 30.4 Å². The van der Waals surface area contributed by atoms with Crippen LogP contribution in [0.3, 0.4) is 0 Å². The fourth-order valence-electron chi connectivity index (χ4n) is 8.31. The van der Waals surface area contributed by atoms with E-state index in [1.54, 1.807) is 18.6 Å². The number of Topliss-reactive ketones (excluding diaryl/α,β-unsaturated/α-hetero) is 1. The number of hydrogen-bond acceptors (Lipinski definition) is 5. The Labute approximate surface area is 184 Å². The molecule has 5 heteroatoms. The molecule has 0 radical (unpaired) electrons. The Morgan fingerprint density at radius 3 is 2.48 bits per heavy atom. The number of cyclic esters (lactones) is 1. The first kappa shape index (κ1) is 21.0. The highest BCUT2D eigenvalue weighted by Crippen LogP contribution is 2.72. The Hall–Kier alpha value is -1.88. The van der Waals surface area contributed by atoms with E-state index in [9.17, 15) is 14.7 Å². The molecule has 0 amide bonds. The molecule has 5 rings (SSSR count). The molecule has 0 bridgehead atoms. The second-order valence-corrected chi connectivity index (χ2v) is 11.7. The van der Waals surface area contributed by atoms with Crippen molar-refractivity contribution in [3.05, 3.63) is 35.8 Å². The van der Waals surface area contributed by atoms with E-state index in [4.69, 9.17) is 9.15 Å². The fourth-order valence-corrected chi connectivity index (χ4v) is 8.31. The maximum atomic E-state index is 12.8. The molecule has 1 aromatic heterocycles. The third-order valence-corrected chi connectivity index (χ3v) is 10.0. The van der Waals surface area contributed by atoms with E-state index in [2.05, 4.69) is 34.6 Å². The predicted molar refractivity (Wildman–Crippen MR) is 115 cm³/mol. The van der Waals surface area contributed by atoms with Gasteiger partial charge in [0.1, 0.15) is 11.9 Å². The molecule has 1 aliphatic heterocycles. The number of esters is 1. The summed E-state index contributed by atoms with van der Waals surface area (Å²) in [6, 6.07) is 1.87. The van der Waals surface area contributed by atoms with Crippen LogP contribution in [0.15, 0.2) is 34.7 Å². The highest BCUT2D eigenvalue weighted by Gasteiger charge is 2.68. The third-order valence-electron chi connectivity index (χ3n) is 10.0. The molecule has 4 aliphatic rings. The number of hydrogen-bond donors (Lipinski definition) is 1. The quantitative estimate of drug-likeness (QED) is 0.639. The molecule has 0 saturated heterocycles. The van der Waals surface area contributed by atoms with E-state index in [1.165, 1.54) is 0 Å². The van der Waals surface area contributed by atoms with Crippen LogP contribution in [0.5, 0.6) is 0 Å². The SMILES string of the molecule is CC1(C)C(=O)CC[C@@]2(C)C1CC(O)[C@@]1(C)C3=CC(=O)OC(c4ccoc4)[C@]3(C)CCC21. The first-order valence-corrected chi connectivity index (χ1v) is 11.6. The second kappa shape index (κ2) is 6.34. The molecule has 2 heterocycles. The van der Waals surface area contributed by atoms with Crippen molar-refractivity contribution in [2.75, 3.05) is 0 Å². The summed E-state index contributed by atoms with van der Waals surface area (Å²) >= 11 is 0. The van der Waals surface area contributed by atoms with Crippen LogP contribution in [0.25, 0.3) is 0 Å². The minimum atomic E-state index is -0.609. The molecule has 3 saturated carbocycles. The monoisotopic (exact) mass is 426 g/mol. The number of carbonyl (C=O) groups is 2. The highest BCUT2D eigenvalue weighted by molar-refractivity contribution is 5.86. The Balaban J connectivity index is 1.63. The summed E-state index contributed by atoms with van der Waals surface area (Å²) < 4.78 is 11.1. The Morgan fingerprint density at radius 2 is 1.81 bits per heavy atom. The zero-order chi connectivity index (χ0) is 22.4. The number of ketones is 1. The van der Waals surface area contributed by atoms with Crippen LogP contribution < -0.4 is 0 Å². The van der Waals surface area contributed by atoms with Crippen molar-refractivity contribution >= 4 is 11.8 Å². The van der Waals surface area contributed by atoms with Crippen molar-refractivity contribution in [2.24, 2.45) is 33.5 Å². The van der Waals surface area contributed by atoms with Crippen LogP contribution in [0.1, 0.15) is 78.4 Å². The van der Waals surface area contributed by atoms with Crippen LogP contribution in [0, 0.1) is 33.5 Å². The van der Waals surface area contributed by atoms with E-state index in [0.29, 0.717) is 18.6 Å². The van der Waals surface area contributed by atoms with Gasteiger partial charge in [-0.15, -0.1) is 0 Å². The molecule has 31 heavy (non-hydrogen) atoms. The van der Waals surface area contributed by atoms with Crippen molar-refractivity contribution in [1.82, 2.24) is 0 Å². The summed E-state index contributed by atoms with van der Waals surface area (Å²) in [5, 5.41) is 11.7. The summed E-state index contributed by atoms with van der Waals surface area (Å²) in [5.74, 6) is 0.307. The minimum Gasteiger partial charge on any atom is -0.472 e. The van der Waals surface area contributed by atoms with E-state index in [1.807, 2.05) is 6.07 Å². The lowest BCUT2D eigenvalue weighted by Gasteiger charge is -2.68. The smallest absolute Gasteiger partial charge is 0.331 e. The molecule has 7 atom stereocenters. The van der Waals surface area contributed by atoms with Crippen molar-refractivity contribution in [3.63, 3.8) is 0 Å². The zero-order valence-electron chi connectivity index (χ0n) is 19.2. The van der Waals surface area contributed by atoms with Gasteiger partial charge in [-0.2, -0.15) is 0 Å². The largest absolute Gasteiger partial charge is 0.472 e. The molecule has 1 N–H and O–H groups in total. The predicted octanol–water partition coefficient (Wildman–Crippen LogP) is 5.00. The molecule has 1 aromatic rings. The molecule has 0 aromatic carbocycles. The summed E-state index contributed by atoms with van der Waals surface area (Å²) in [7, 11) is 0. The molecule has 0 spiro atoms. The molecular formula is C26H34O5. The molecule has 3 fully saturated rings. The van der Waals surface area contributed by atoms with Gasteiger partial charge in [0.05, 0.1) is 18.6 Å². The van der Waals surface area contributed by atoms with Gasteiger partial charge < -0.3 is 14.3 Å². The highest BCUT2D eigenvalue weighted by atomic mass is 16.5.